The summed E-state index contributed by atoms with van der Waals surface area (Å²) in [7, 11) is 0. The van der Waals surface area contributed by atoms with Gasteiger partial charge in [0.1, 0.15) is 12.1 Å². The molecule has 20 heavy (non-hydrogen) atoms. The molecule has 0 bridgehead atoms. The van der Waals surface area contributed by atoms with E-state index in [2.05, 4.69) is 10.1 Å². The summed E-state index contributed by atoms with van der Waals surface area (Å²) in [4.78, 5) is 25.2. The molecular formula is C12H8N4O4. The maximum Gasteiger partial charge on any atom is 0.490 e. The highest BCUT2D eigenvalue weighted by molar-refractivity contribution is 5.97. The minimum atomic E-state index is -0.720. The molecule has 1 aromatic carbocycles. The first kappa shape index (κ1) is 12.0. The van der Waals surface area contributed by atoms with Crippen molar-refractivity contribution in [3.8, 4) is 0 Å². The van der Waals surface area contributed by atoms with Gasteiger partial charge in [-0.15, -0.1) is 0 Å². The molecule has 0 saturated carbocycles. The standard InChI is InChI=1S/C12H8N4O4/c17-9(6-15-7-13-12(14-15)16(18)19)11-5-8-3-1-2-4-10(8)20-11/h1-5,7H,6H2. The Labute approximate surface area is 111 Å². The Hall–Kier alpha value is -3.03. The van der Waals surface area contributed by atoms with Gasteiger partial charge in [0, 0.05) is 10.5 Å². The van der Waals surface area contributed by atoms with Crippen LogP contribution in [0.15, 0.2) is 41.1 Å². The summed E-state index contributed by atoms with van der Waals surface area (Å²) in [5.41, 5.74) is 0.612. The van der Waals surface area contributed by atoms with E-state index in [1.54, 1.807) is 18.2 Å². The van der Waals surface area contributed by atoms with Gasteiger partial charge in [-0.2, -0.15) is 4.68 Å². The van der Waals surface area contributed by atoms with Gasteiger partial charge in [0.2, 0.25) is 12.1 Å². The molecule has 3 rings (SSSR count). The maximum absolute atomic E-state index is 12.0. The molecule has 100 valence electrons. The first-order valence-electron chi connectivity index (χ1n) is 5.69. The van der Waals surface area contributed by atoms with Gasteiger partial charge in [0.05, 0.1) is 0 Å². The van der Waals surface area contributed by atoms with E-state index in [0.717, 1.165) is 16.4 Å². The summed E-state index contributed by atoms with van der Waals surface area (Å²) in [6, 6.07) is 8.86. The second-order valence-electron chi connectivity index (χ2n) is 4.07. The number of carbonyl (C=O) groups excluding carboxylic acids is 1. The second kappa shape index (κ2) is 4.57. The van der Waals surface area contributed by atoms with Crippen LogP contribution < -0.4 is 0 Å². The van der Waals surface area contributed by atoms with E-state index in [-0.39, 0.29) is 18.1 Å². The number of nitrogens with zero attached hydrogens (tertiary/aromatic N) is 4. The van der Waals surface area contributed by atoms with E-state index < -0.39 is 10.9 Å². The summed E-state index contributed by atoms with van der Waals surface area (Å²) in [5.74, 6) is -0.687. The summed E-state index contributed by atoms with van der Waals surface area (Å²) >= 11 is 0. The van der Waals surface area contributed by atoms with Crippen molar-refractivity contribution in [1.82, 2.24) is 14.8 Å². The number of fused-ring (bicyclic) bond motifs is 1. The van der Waals surface area contributed by atoms with Crippen molar-refractivity contribution in [2.45, 2.75) is 6.54 Å². The lowest BCUT2D eigenvalue weighted by Gasteiger charge is -1.93. The zero-order valence-corrected chi connectivity index (χ0v) is 10.1. The molecule has 0 saturated heterocycles. The van der Waals surface area contributed by atoms with Crippen molar-refractivity contribution in [3.05, 3.63) is 52.5 Å². The van der Waals surface area contributed by atoms with Crippen LogP contribution in [0.1, 0.15) is 10.6 Å². The topological polar surface area (TPSA) is 104 Å². The zero-order chi connectivity index (χ0) is 14.1. The Bertz CT molecular complexity index is 772. The number of carbonyl (C=O) groups is 1. The molecule has 8 nitrogen and oxygen atoms in total. The number of rotatable bonds is 4. The van der Waals surface area contributed by atoms with Gasteiger partial charge < -0.3 is 14.5 Å². The minimum absolute atomic E-state index is 0.166. The van der Waals surface area contributed by atoms with Crippen LogP contribution in [-0.4, -0.2) is 25.5 Å². The van der Waals surface area contributed by atoms with E-state index >= 15 is 0 Å². The van der Waals surface area contributed by atoms with Gasteiger partial charge in [0.25, 0.3) is 0 Å². The summed E-state index contributed by atoms with van der Waals surface area (Å²) in [6.45, 7) is -0.166. The Morgan fingerprint density at radius 1 is 1.40 bits per heavy atom. The number of hydrogen-bond donors (Lipinski definition) is 0. The number of Topliss-reactive ketones (excluding diaryl/α,β-unsaturated/α-hetero) is 1. The highest BCUT2D eigenvalue weighted by Gasteiger charge is 2.18. The van der Waals surface area contributed by atoms with Crippen LogP contribution >= 0.6 is 0 Å². The Morgan fingerprint density at radius 2 is 2.20 bits per heavy atom. The van der Waals surface area contributed by atoms with Crippen molar-refractivity contribution in [3.63, 3.8) is 0 Å². The van der Waals surface area contributed by atoms with Crippen LogP contribution in [0, 0.1) is 10.1 Å². The summed E-state index contributed by atoms with van der Waals surface area (Å²) in [5, 5.41) is 14.8. The number of para-hydroxylation sites is 1. The fourth-order valence-corrected chi connectivity index (χ4v) is 1.79. The van der Waals surface area contributed by atoms with E-state index in [4.69, 9.17) is 4.42 Å². The van der Waals surface area contributed by atoms with Gasteiger partial charge in [-0.3, -0.25) is 4.79 Å². The fourth-order valence-electron chi connectivity index (χ4n) is 1.79. The van der Waals surface area contributed by atoms with Crippen LogP contribution in [0.5, 0.6) is 0 Å². The molecule has 0 amide bonds. The molecule has 0 fully saturated rings. The van der Waals surface area contributed by atoms with Crippen molar-refractivity contribution in [2.75, 3.05) is 0 Å². The largest absolute Gasteiger partial charge is 0.490 e. The molecular weight excluding hydrogens is 264 g/mol. The number of nitro groups is 1. The lowest BCUT2D eigenvalue weighted by molar-refractivity contribution is -0.394. The maximum atomic E-state index is 12.0. The third-order valence-electron chi connectivity index (χ3n) is 2.69. The highest BCUT2D eigenvalue weighted by Crippen LogP contribution is 2.19. The fraction of sp³-hybridized carbons (Fsp3) is 0.0833. The summed E-state index contributed by atoms with van der Waals surface area (Å²) in [6.07, 6.45) is 1.14. The minimum Gasteiger partial charge on any atom is -0.453 e. The normalized spacial score (nSPS) is 10.8. The molecule has 0 aliphatic heterocycles. The lowest BCUT2D eigenvalue weighted by Crippen LogP contribution is -2.10. The average Bonchev–Trinajstić information content (AvgIpc) is 3.04. The van der Waals surface area contributed by atoms with E-state index in [1.807, 2.05) is 12.1 Å². The van der Waals surface area contributed by atoms with Crippen molar-refractivity contribution >= 4 is 22.7 Å². The van der Waals surface area contributed by atoms with Crippen LogP contribution in [0.2, 0.25) is 0 Å². The zero-order valence-electron chi connectivity index (χ0n) is 10.1. The Morgan fingerprint density at radius 3 is 2.90 bits per heavy atom. The van der Waals surface area contributed by atoms with Gasteiger partial charge >= 0.3 is 5.95 Å². The lowest BCUT2D eigenvalue weighted by atomic mass is 10.2. The molecule has 8 heteroatoms. The molecule has 0 aliphatic carbocycles. The Balaban J connectivity index is 1.83. The van der Waals surface area contributed by atoms with Crippen molar-refractivity contribution in [2.24, 2.45) is 0 Å². The van der Waals surface area contributed by atoms with Crippen LogP contribution in [-0.2, 0) is 6.54 Å². The highest BCUT2D eigenvalue weighted by atomic mass is 16.6. The van der Waals surface area contributed by atoms with Gasteiger partial charge in [0.15, 0.2) is 5.76 Å². The number of ketones is 1. The van der Waals surface area contributed by atoms with Gasteiger partial charge in [-0.05, 0) is 17.1 Å². The number of benzene rings is 1. The van der Waals surface area contributed by atoms with E-state index in [0.29, 0.717) is 5.58 Å². The number of hydrogen-bond acceptors (Lipinski definition) is 6. The molecule has 0 aliphatic rings. The van der Waals surface area contributed by atoms with E-state index in [1.165, 1.54) is 0 Å². The van der Waals surface area contributed by atoms with E-state index in [9.17, 15) is 14.9 Å². The van der Waals surface area contributed by atoms with Crippen LogP contribution in [0.3, 0.4) is 0 Å². The summed E-state index contributed by atoms with van der Waals surface area (Å²) < 4.78 is 6.52. The third kappa shape index (κ3) is 2.14. The molecule has 0 atom stereocenters. The first-order chi connectivity index (χ1) is 9.63. The predicted octanol–water partition coefficient (Wildman–Crippen LogP) is 1.82. The molecule has 0 spiro atoms. The van der Waals surface area contributed by atoms with Gasteiger partial charge in [-0.1, -0.05) is 23.2 Å². The van der Waals surface area contributed by atoms with Gasteiger partial charge in [-0.25, -0.2) is 0 Å². The van der Waals surface area contributed by atoms with Crippen LogP contribution in [0.4, 0.5) is 5.95 Å². The first-order valence-corrected chi connectivity index (χ1v) is 5.69. The molecule has 2 aromatic heterocycles. The second-order valence-corrected chi connectivity index (χ2v) is 4.07. The third-order valence-corrected chi connectivity index (χ3v) is 2.69. The quantitative estimate of drug-likeness (QED) is 0.407. The molecule has 0 unspecified atom stereocenters. The molecule has 2 heterocycles. The van der Waals surface area contributed by atoms with Crippen LogP contribution in [0.25, 0.3) is 11.0 Å². The smallest absolute Gasteiger partial charge is 0.453 e. The number of furan rings is 1. The SMILES string of the molecule is O=C(Cn1cnc([N+](=O)[O-])n1)c1cc2ccccc2o1. The molecule has 0 N–H and O–H groups in total. The van der Waals surface area contributed by atoms with Crippen molar-refractivity contribution < 1.29 is 14.1 Å². The Kier molecular flexibility index (Phi) is 2.75. The molecule has 3 aromatic rings. The monoisotopic (exact) mass is 272 g/mol. The molecule has 0 radical (unpaired) electrons. The van der Waals surface area contributed by atoms with Crippen molar-refractivity contribution in [1.29, 1.82) is 0 Å². The predicted molar refractivity (Wildman–Crippen MR) is 67.2 cm³/mol. The average molecular weight is 272 g/mol. The number of aromatic nitrogens is 3.